The van der Waals surface area contributed by atoms with Gasteiger partial charge in [0.1, 0.15) is 5.56 Å². The summed E-state index contributed by atoms with van der Waals surface area (Å²) in [6, 6.07) is 22.2. The number of primary amides is 1. The highest BCUT2D eigenvalue weighted by atomic mass is 16.2. The Morgan fingerprint density at radius 2 is 1.35 bits per heavy atom. The summed E-state index contributed by atoms with van der Waals surface area (Å²) < 4.78 is 1.55. The highest BCUT2D eigenvalue weighted by Crippen LogP contribution is 2.25. The fraction of sp³-hybridized carbons (Fsp3) is 0.0526. The lowest BCUT2D eigenvalue weighted by Crippen LogP contribution is -2.32. The maximum absolute atomic E-state index is 12.7. The monoisotopic (exact) mass is 304 g/mol. The van der Waals surface area contributed by atoms with Crippen LogP contribution in [0.2, 0.25) is 0 Å². The Kier molecular flexibility index (Phi) is 4.06. The van der Waals surface area contributed by atoms with Crippen LogP contribution >= 0.6 is 0 Å². The third-order valence-corrected chi connectivity index (χ3v) is 3.75. The maximum Gasteiger partial charge on any atom is 0.264 e. The number of amides is 1. The average Bonchev–Trinajstić information content (AvgIpc) is 2.58. The molecule has 1 amide bonds. The molecule has 0 radical (unpaired) electrons. The van der Waals surface area contributed by atoms with E-state index in [1.165, 1.54) is 6.07 Å². The van der Waals surface area contributed by atoms with Crippen LogP contribution < -0.4 is 11.3 Å². The van der Waals surface area contributed by atoms with Crippen LogP contribution in [-0.4, -0.2) is 10.5 Å². The molecule has 4 nitrogen and oxygen atoms in total. The Bertz CT molecular complexity index is 831. The molecular formula is C19H16N2O2. The van der Waals surface area contributed by atoms with Gasteiger partial charge in [0.2, 0.25) is 0 Å². The average molecular weight is 304 g/mol. The van der Waals surface area contributed by atoms with Crippen LogP contribution in [0, 0.1) is 0 Å². The van der Waals surface area contributed by atoms with Crippen LogP contribution in [0.25, 0.3) is 0 Å². The summed E-state index contributed by atoms with van der Waals surface area (Å²) in [4.78, 5) is 24.1. The van der Waals surface area contributed by atoms with E-state index in [4.69, 9.17) is 5.73 Å². The topological polar surface area (TPSA) is 65.1 Å². The van der Waals surface area contributed by atoms with Gasteiger partial charge in [0.15, 0.2) is 0 Å². The predicted octanol–water partition coefficient (Wildman–Crippen LogP) is 2.58. The van der Waals surface area contributed by atoms with E-state index in [0.717, 1.165) is 11.1 Å². The van der Waals surface area contributed by atoms with E-state index in [1.54, 1.807) is 16.8 Å². The molecule has 3 aromatic rings. The smallest absolute Gasteiger partial charge is 0.264 e. The Labute approximate surface area is 133 Å². The first-order chi connectivity index (χ1) is 11.2. The van der Waals surface area contributed by atoms with Crippen LogP contribution in [0.4, 0.5) is 0 Å². The van der Waals surface area contributed by atoms with Crippen molar-refractivity contribution in [2.75, 3.05) is 0 Å². The maximum atomic E-state index is 12.7. The fourth-order valence-corrected chi connectivity index (χ4v) is 2.69. The number of nitrogens with zero attached hydrogens (tertiary/aromatic N) is 1. The summed E-state index contributed by atoms with van der Waals surface area (Å²) in [5.74, 6) is -0.718. The van der Waals surface area contributed by atoms with Crippen LogP contribution in [0.1, 0.15) is 27.5 Å². The molecule has 23 heavy (non-hydrogen) atoms. The van der Waals surface area contributed by atoms with Gasteiger partial charge in [0.25, 0.3) is 11.5 Å². The van der Waals surface area contributed by atoms with Crippen molar-refractivity contribution in [3.63, 3.8) is 0 Å². The predicted molar refractivity (Wildman–Crippen MR) is 89.3 cm³/mol. The number of hydrogen-bond acceptors (Lipinski definition) is 2. The number of carbonyl (C=O) groups is 1. The number of nitrogens with two attached hydrogens (primary N) is 1. The van der Waals surface area contributed by atoms with E-state index < -0.39 is 11.5 Å². The van der Waals surface area contributed by atoms with Gasteiger partial charge in [0.05, 0.1) is 6.04 Å². The van der Waals surface area contributed by atoms with E-state index in [2.05, 4.69) is 0 Å². The molecule has 0 spiro atoms. The minimum Gasteiger partial charge on any atom is -0.365 e. The third kappa shape index (κ3) is 2.92. The highest BCUT2D eigenvalue weighted by Gasteiger charge is 2.19. The van der Waals surface area contributed by atoms with Crippen molar-refractivity contribution in [1.29, 1.82) is 0 Å². The first-order valence-corrected chi connectivity index (χ1v) is 7.29. The van der Waals surface area contributed by atoms with E-state index in [9.17, 15) is 9.59 Å². The Hall–Kier alpha value is -3.14. The quantitative estimate of drug-likeness (QED) is 0.805. The summed E-state index contributed by atoms with van der Waals surface area (Å²) in [7, 11) is 0. The molecule has 0 aliphatic carbocycles. The van der Waals surface area contributed by atoms with Gasteiger partial charge in [0, 0.05) is 6.20 Å². The van der Waals surface area contributed by atoms with Crippen LogP contribution in [-0.2, 0) is 0 Å². The van der Waals surface area contributed by atoms with Gasteiger partial charge in [-0.1, -0.05) is 60.7 Å². The van der Waals surface area contributed by atoms with Gasteiger partial charge in [-0.15, -0.1) is 0 Å². The number of carbonyl (C=O) groups excluding carboxylic acids is 1. The second-order valence-corrected chi connectivity index (χ2v) is 5.22. The SMILES string of the molecule is NC(=O)c1cccn(C(c2ccccc2)c2ccccc2)c1=O. The number of benzene rings is 2. The minimum atomic E-state index is -0.718. The van der Waals surface area contributed by atoms with Crippen molar-refractivity contribution in [3.05, 3.63) is 106 Å². The molecule has 2 N–H and O–H groups in total. The molecule has 0 bridgehead atoms. The van der Waals surface area contributed by atoms with E-state index >= 15 is 0 Å². The molecule has 0 saturated carbocycles. The van der Waals surface area contributed by atoms with Crippen molar-refractivity contribution in [1.82, 2.24) is 4.57 Å². The van der Waals surface area contributed by atoms with Gasteiger partial charge in [-0.2, -0.15) is 0 Å². The zero-order chi connectivity index (χ0) is 16.2. The van der Waals surface area contributed by atoms with Gasteiger partial charge in [-0.3, -0.25) is 9.59 Å². The standard InChI is InChI=1S/C19H16N2O2/c20-18(22)16-12-7-13-21(19(16)23)17(14-8-3-1-4-9-14)15-10-5-2-6-11-15/h1-13,17H,(H2,20,22). The molecule has 114 valence electrons. The first-order valence-electron chi connectivity index (χ1n) is 7.29. The molecule has 0 aliphatic rings. The molecule has 4 heteroatoms. The summed E-state index contributed by atoms with van der Waals surface area (Å²) in [5.41, 5.74) is 6.83. The van der Waals surface area contributed by atoms with E-state index in [-0.39, 0.29) is 11.6 Å². The van der Waals surface area contributed by atoms with Gasteiger partial charge < -0.3 is 10.3 Å². The molecule has 1 aromatic heterocycles. The first kappa shape index (κ1) is 14.8. The molecular weight excluding hydrogens is 288 g/mol. The molecule has 1 heterocycles. The zero-order valence-electron chi connectivity index (χ0n) is 12.4. The van der Waals surface area contributed by atoms with Crippen molar-refractivity contribution in [3.8, 4) is 0 Å². The molecule has 0 atom stereocenters. The number of pyridine rings is 1. The summed E-state index contributed by atoms with van der Waals surface area (Å²) in [5, 5.41) is 0. The van der Waals surface area contributed by atoms with Gasteiger partial charge in [-0.05, 0) is 23.3 Å². The van der Waals surface area contributed by atoms with Gasteiger partial charge >= 0.3 is 0 Å². The summed E-state index contributed by atoms with van der Waals surface area (Å²) in [6.45, 7) is 0. The minimum absolute atomic E-state index is 0.00985. The number of hydrogen-bond donors (Lipinski definition) is 1. The van der Waals surface area contributed by atoms with Crippen molar-refractivity contribution >= 4 is 5.91 Å². The summed E-state index contributed by atoms with van der Waals surface area (Å²) in [6.07, 6.45) is 1.68. The molecule has 0 saturated heterocycles. The molecule has 0 unspecified atom stereocenters. The lowest BCUT2D eigenvalue weighted by atomic mass is 9.98. The highest BCUT2D eigenvalue weighted by molar-refractivity contribution is 5.92. The molecule has 2 aromatic carbocycles. The van der Waals surface area contributed by atoms with Crippen LogP contribution in [0.3, 0.4) is 0 Å². The third-order valence-electron chi connectivity index (χ3n) is 3.75. The number of aromatic nitrogens is 1. The van der Waals surface area contributed by atoms with Crippen LogP contribution in [0.15, 0.2) is 83.8 Å². The normalized spacial score (nSPS) is 10.7. The van der Waals surface area contributed by atoms with E-state index in [1.807, 2.05) is 60.7 Å². The second-order valence-electron chi connectivity index (χ2n) is 5.22. The van der Waals surface area contributed by atoms with Crippen molar-refractivity contribution < 1.29 is 4.79 Å². The Morgan fingerprint density at radius 1 is 0.826 bits per heavy atom. The lowest BCUT2D eigenvalue weighted by Gasteiger charge is -2.21. The van der Waals surface area contributed by atoms with Crippen molar-refractivity contribution in [2.24, 2.45) is 5.73 Å². The molecule has 3 rings (SSSR count). The fourth-order valence-electron chi connectivity index (χ4n) is 2.69. The second kappa shape index (κ2) is 6.32. The lowest BCUT2D eigenvalue weighted by molar-refractivity contribution is 0.0998. The molecule has 0 aliphatic heterocycles. The van der Waals surface area contributed by atoms with Crippen LogP contribution in [0.5, 0.6) is 0 Å². The van der Waals surface area contributed by atoms with Gasteiger partial charge in [-0.25, -0.2) is 0 Å². The largest absolute Gasteiger partial charge is 0.365 e. The molecule has 0 fully saturated rings. The van der Waals surface area contributed by atoms with E-state index in [0.29, 0.717) is 0 Å². The Morgan fingerprint density at radius 3 is 1.83 bits per heavy atom. The number of rotatable bonds is 4. The zero-order valence-corrected chi connectivity index (χ0v) is 12.4. The Balaban J connectivity index is 2.24. The van der Waals surface area contributed by atoms with Crippen molar-refractivity contribution in [2.45, 2.75) is 6.04 Å². The summed E-state index contributed by atoms with van der Waals surface area (Å²) >= 11 is 0.